The van der Waals surface area contributed by atoms with Gasteiger partial charge in [-0.2, -0.15) is 0 Å². The van der Waals surface area contributed by atoms with Crippen LogP contribution in [0.15, 0.2) is 48.5 Å². The molecule has 0 heterocycles. The molecule has 1 atom stereocenters. The molecular weight excluding hydrogens is 288 g/mol. The fourth-order valence-corrected chi connectivity index (χ4v) is 2.25. The Morgan fingerprint density at radius 1 is 1.17 bits per heavy atom. The standard InChI is InChI=1S/C19H24N2O2/c1-14-7-10-17(11-8-14)23-15(2)13-21-19(22)12-9-16-5-3-4-6-18(16)20/h3-8,10-11,15H,9,12-13,20H2,1-2H3,(H,21,22). The summed E-state index contributed by atoms with van der Waals surface area (Å²) in [5.74, 6) is 0.821. The summed E-state index contributed by atoms with van der Waals surface area (Å²) >= 11 is 0. The highest BCUT2D eigenvalue weighted by atomic mass is 16.5. The van der Waals surface area contributed by atoms with Gasteiger partial charge in [0.1, 0.15) is 11.9 Å². The Balaban J connectivity index is 1.71. The molecule has 1 amide bonds. The molecule has 1 unspecified atom stereocenters. The van der Waals surface area contributed by atoms with E-state index < -0.39 is 0 Å². The molecule has 4 heteroatoms. The van der Waals surface area contributed by atoms with Crippen LogP contribution in [0.5, 0.6) is 5.75 Å². The van der Waals surface area contributed by atoms with Gasteiger partial charge < -0.3 is 15.8 Å². The van der Waals surface area contributed by atoms with Crippen molar-refractivity contribution in [3.63, 3.8) is 0 Å². The average molecular weight is 312 g/mol. The van der Waals surface area contributed by atoms with E-state index in [-0.39, 0.29) is 12.0 Å². The molecule has 4 nitrogen and oxygen atoms in total. The molecule has 0 fully saturated rings. The van der Waals surface area contributed by atoms with Gasteiger partial charge in [-0.15, -0.1) is 0 Å². The molecule has 3 N–H and O–H groups in total. The summed E-state index contributed by atoms with van der Waals surface area (Å²) in [7, 11) is 0. The van der Waals surface area contributed by atoms with E-state index in [1.165, 1.54) is 5.56 Å². The Kier molecular flexibility index (Phi) is 6.03. The van der Waals surface area contributed by atoms with Gasteiger partial charge in [0.2, 0.25) is 5.91 Å². The van der Waals surface area contributed by atoms with Crippen molar-refractivity contribution in [2.45, 2.75) is 32.8 Å². The lowest BCUT2D eigenvalue weighted by molar-refractivity contribution is -0.121. The van der Waals surface area contributed by atoms with E-state index >= 15 is 0 Å². The molecule has 2 aromatic rings. The van der Waals surface area contributed by atoms with Crippen LogP contribution in [-0.2, 0) is 11.2 Å². The van der Waals surface area contributed by atoms with Crippen molar-refractivity contribution in [3.8, 4) is 5.75 Å². The van der Waals surface area contributed by atoms with Crippen LogP contribution in [0.1, 0.15) is 24.5 Å². The number of carbonyl (C=O) groups is 1. The summed E-state index contributed by atoms with van der Waals surface area (Å²) in [5, 5.41) is 2.90. The van der Waals surface area contributed by atoms with Gasteiger partial charge in [-0.05, 0) is 44.0 Å². The van der Waals surface area contributed by atoms with Gasteiger partial charge in [0.25, 0.3) is 0 Å². The first-order chi connectivity index (χ1) is 11.0. The third-order valence-electron chi connectivity index (χ3n) is 3.62. The van der Waals surface area contributed by atoms with Gasteiger partial charge in [0.05, 0.1) is 6.54 Å². The highest BCUT2D eigenvalue weighted by Crippen LogP contribution is 2.14. The van der Waals surface area contributed by atoms with E-state index in [0.29, 0.717) is 19.4 Å². The summed E-state index contributed by atoms with van der Waals surface area (Å²) in [6.45, 7) is 4.46. The first kappa shape index (κ1) is 16.9. The summed E-state index contributed by atoms with van der Waals surface area (Å²) in [6.07, 6.45) is 0.987. The molecule has 0 aromatic heterocycles. The third-order valence-corrected chi connectivity index (χ3v) is 3.62. The number of amides is 1. The minimum atomic E-state index is -0.0801. The molecule has 0 spiro atoms. The highest BCUT2D eigenvalue weighted by molar-refractivity contribution is 5.76. The molecule has 0 radical (unpaired) electrons. The second kappa shape index (κ2) is 8.22. The van der Waals surface area contributed by atoms with E-state index in [1.54, 1.807) is 0 Å². The van der Waals surface area contributed by atoms with Crippen LogP contribution in [0.4, 0.5) is 5.69 Å². The number of aryl methyl sites for hydroxylation is 2. The number of nitrogens with two attached hydrogens (primary N) is 1. The number of hydrogen-bond acceptors (Lipinski definition) is 3. The number of para-hydroxylation sites is 1. The molecule has 0 bridgehead atoms. The van der Waals surface area contributed by atoms with Crippen LogP contribution in [0.3, 0.4) is 0 Å². The summed E-state index contributed by atoms with van der Waals surface area (Å²) < 4.78 is 5.77. The van der Waals surface area contributed by atoms with E-state index in [9.17, 15) is 4.79 Å². The number of ether oxygens (including phenoxy) is 1. The Bertz CT molecular complexity index is 638. The zero-order valence-electron chi connectivity index (χ0n) is 13.7. The molecule has 122 valence electrons. The number of anilines is 1. The molecular formula is C19H24N2O2. The van der Waals surface area contributed by atoms with Crippen molar-refractivity contribution in [3.05, 3.63) is 59.7 Å². The molecule has 2 aromatic carbocycles. The largest absolute Gasteiger partial charge is 0.489 e. The van der Waals surface area contributed by atoms with E-state index in [4.69, 9.17) is 10.5 Å². The molecule has 0 aliphatic rings. The maximum Gasteiger partial charge on any atom is 0.220 e. The Hall–Kier alpha value is -2.49. The van der Waals surface area contributed by atoms with Crippen molar-refractivity contribution in [2.24, 2.45) is 0 Å². The number of nitrogen functional groups attached to an aromatic ring is 1. The topological polar surface area (TPSA) is 64.3 Å². The van der Waals surface area contributed by atoms with Crippen LogP contribution < -0.4 is 15.8 Å². The van der Waals surface area contributed by atoms with Gasteiger partial charge in [0.15, 0.2) is 0 Å². The molecule has 0 saturated heterocycles. The molecule has 0 aliphatic heterocycles. The summed E-state index contributed by atoms with van der Waals surface area (Å²) in [5.41, 5.74) is 8.81. The zero-order valence-corrected chi connectivity index (χ0v) is 13.7. The zero-order chi connectivity index (χ0) is 16.7. The number of rotatable bonds is 7. The monoisotopic (exact) mass is 312 g/mol. The minimum Gasteiger partial charge on any atom is -0.489 e. The maximum atomic E-state index is 11.9. The van der Waals surface area contributed by atoms with Crippen molar-refractivity contribution in [1.29, 1.82) is 0 Å². The van der Waals surface area contributed by atoms with Crippen molar-refractivity contribution in [2.75, 3.05) is 12.3 Å². The normalized spacial score (nSPS) is 11.7. The molecule has 0 saturated carbocycles. The predicted octanol–water partition coefficient (Wildman–Crippen LogP) is 3.09. The first-order valence-electron chi connectivity index (χ1n) is 7.88. The Morgan fingerprint density at radius 3 is 2.57 bits per heavy atom. The maximum absolute atomic E-state index is 11.9. The van der Waals surface area contributed by atoms with Crippen molar-refractivity contribution < 1.29 is 9.53 Å². The second-order valence-electron chi connectivity index (χ2n) is 5.74. The SMILES string of the molecule is Cc1ccc(OC(C)CNC(=O)CCc2ccccc2N)cc1. The lowest BCUT2D eigenvalue weighted by Gasteiger charge is -2.15. The summed E-state index contributed by atoms with van der Waals surface area (Å²) in [6, 6.07) is 15.5. The predicted molar refractivity (Wildman–Crippen MR) is 93.5 cm³/mol. The highest BCUT2D eigenvalue weighted by Gasteiger charge is 2.08. The number of nitrogens with one attached hydrogen (secondary N) is 1. The van der Waals surface area contributed by atoms with Gasteiger partial charge >= 0.3 is 0 Å². The van der Waals surface area contributed by atoms with E-state index in [0.717, 1.165) is 17.0 Å². The van der Waals surface area contributed by atoms with Crippen LogP contribution in [0, 0.1) is 6.92 Å². The minimum absolute atomic E-state index is 0.00705. The van der Waals surface area contributed by atoms with Gasteiger partial charge in [-0.25, -0.2) is 0 Å². The fourth-order valence-electron chi connectivity index (χ4n) is 2.25. The smallest absolute Gasteiger partial charge is 0.220 e. The fraction of sp³-hybridized carbons (Fsp3) is 0.316. The number of benzene rings is 2. The van der Waals surface area contributed by atoms with Crippen molar-refractivity contribution in [1.82, 2.24) is 5.32 Å². The lowest BCUT2D eigenvalue weighted by Crippen LogP contribution is -2.33. The number of carbonyl (C=O) groups excluding carboxylic acids is 1. The van der Waals surface area contributed by atoms with Gasteiger partial charge in [0, 0.05) is 12.1 Å². The molecule has 2 rings (SSSR count). The van der Waals surface area contributed by atoms with Gasteiger partial charge in [-0.1, -0.05) is 35.9 Å². The van der Waals surface area contributed by atoms with E-state index in [2.05, 4.69) is 5.32 Å². The Labute approximate surface area is 137 Å². The van der Waals surface area contributed by atoms with Crippen LogP contribution >= 0.6 is 0 Å². The van der Waals surface area contributed by atoms with Crippen LogP contribution in [0.25, 0.3) is 0 Å². The second-order valence-corrected chi connectivity index (χ2v) is 5.74. The number of hydrogen-bond donors (Lipinski definition) is 2. The van der Waals surface area contributed by atoms with Crippen LogP contribution in [0.2, 0.25) is 0 Å². The first-order valence-corrected chi connectivity index (χ1v) is 7.88. The van der Waals surface area contributed by atoms with Gasteiger partial charge in [-0.3, -0.25) is 4.79 Å². The van der Waals surface area contributed by atoms with E-state index in [1.807, 2.05) is 62.4 Å². The van der Waals surface area contributed by atoms with Crippen LogP contribution in [-0.4, -0.2) is 18.6 Å². The quantitative estimate of drug-likeness (QED) is 0.772. The summed E-state index contributed by atoms with van der Waals surface area (Å²) in [4.78, 5) is 11.9. The Morgan fingerprint density at radius 2 is 1.87 bits per heavy atom. The lowest BCUT2D eigenvalue weighted by atomic mass is 10.1. The molecule has 23 heavy (non-hydrogen) atoms. The van der Waals surface area contributed by atoms with Crippen molar-refractivity contribution >= 4 is 11.6 Å². The molecule has 0 aliphatic carbocycles. The third kappa shape index (κ3) is 5.66. The average Bonchev–Trinajstić information content (AvgIpc) is 2.54.